The SMILES string of the molecule is CC(NN1CCOCC1)c1cccc(F)c1F. The summed E-state index contributed by atoms with van der Waals surface area (Å²) in [6.45, 7) is 4.63. The molecule has 1 atom stereocenters. The molecule has 17 heavy (non-hydrogen) atoms. The molecule has 1 unspecified atom stereocenters. The minimum absolute atomic E-state index is 0.260. The van der Waals surface area contributed by atoms with Gasteiger partial charge in [0, 0.05) is 24.7 Å². The van der Waals surface area contributed by atoms with Crippen molar-refractivity contribution in [1.29, 1.82) is 0 Å². The fraction of sp³-hybridized carbons (Fsp3) is 0.500. The lowest BCUT2D eigenvalue weighted by Crippen LogP contribution is -2.46. The summed E-state index contributed by atoms with van der Waals surface area (Å²) >= 11 is 0. The first-order chi connectivity index (χ1) is 8.18. The Hall–Kier alpha value is -1.04. The molecule has 0 amide bonds. The predicted octanol–water partition coefficient (Wildman–Crippen LogP) is 1.86. The molecule has 1 aromatic rings. The molecule has 1 N–H and O–H groups in total. The molecule has 1 aliphatic rings. The van der Waals surface area contributed by atoms with Crippen molar-refractivity contribution >= 4 is 0 Å². The summed E-state index contributed by atoms with van der Waals surface area (Å²) in [5.41, 5.74) is 3.49. The third kappa shape index (κ3) is 3.00. The zero-order valence-corrected chi connectivity index (χ0v) is 9.75. The fourth-order valence-electron chi connectivity index (χ4n) is 1.89. The zero-order valence-electron chi connectivity index (χ0n) is 9.75. The van der Waals surface area contributed by atoms with Crippen LogP contribution in [0.25, 0.3) is 0 Å². The molecule has 0 aliphatic carbocycles. The third-order valence-corrected chi connectivity index (χ3v) is 2.84. The summed E-state index contributed by atoms with van der Waals surface area (Å²) in [6, 6.07) is 3.98. The molecule has 0 spiro atoms. The van der Waals surface area contributed by atoms with Crippen LogP contribution in [0.4, 0.5) is 8.78 Å². The summed E-state index contributed by atoms with van der Waals surface area (Å²) in [4.78, 5) is 0. The molecule has 1 heterocycles. The van der Waals surface area contributed by atoms with Gasteiger partial charge in [0.15, 0.2) is 11.6 Å². The van der Waals surface area contributed by atoms with Crippen LogP contribution in [-0.4, -0.2) is 31.3 Å². The molecular formula is C12H16F2N2O. The van der Waals surface area contributed by atoms with Crippen LogP contribution in [0.15, 0.2) is 18.2 Å². The van der Waals surface area contributed by atoms with Crippen molar-refractivity contribution in [2.24, 2.45) is 0 Å². The summed E-state index contributed by atoms with van der Waals surface area (Å²) in [5, 5.41) is 1.97. The van der Waals surface area contributed by atoms with E-state index in [0.717, 1.165) is 19.2 Å². The van der Waals surface area contributed by atoms with E-state index in [1.807, 2.05) is 11.9 Å². The molecule has 0 bridgehead atoms. The Labute approximate surface area is 99.3 Å². The molecule has 1 saturated heterocycles. The van der Waals surface area contributed by atoms with E-state index in [1.54, 1.807) is 6.07 Å². The van der Waals surface area contributed by atoms with Gasteiger partial charge in [-0.3, -0.25) is 0 Å². The van der Waals surface area contributed by atoms with E-state index in [1.165, 1.54) is 6.07 Å². The van der Waals surface area contributed by atoms with E-state index in [2.05, 4.69) is 5.43 Å². The van der Waals surface area contributed by atoms with E-state index in [9.17, 15) is 8.78 Å². The minimum atomic E-state index is -0.807. The minimum Gasteiger partial charge on any atom is -0.379 e. The van der Waals surface area contributed by atoms with Gasteiger partial charge < -0.3 is 4.74 Å². The smallest absolute Gasteiger partial charge is 0.163 e. The first kappa shape index (κ1) is 12.4. The van der Waals surface area contributed by atoms with E-state index < -0.39 is 11.6 Å². The number of nitrogens with one attached hydrogen (secondary N) is 1. The molecule has 0 saturated carbocycles. The Morgan fingerprint density at radius 2 is 2.00 bits per heavy atom. The Morgan fingerprint density at radius 3 is 2.71 bits per heavy atom. The molecule has 1 aliphatic heterocycles. The highest BCUT2D eigenvalue weighted by molar-refractivity contribution is 5.21. The highest BCUT2D eigenvalue weighted by Crippen LogP contribution is 2.19. The Balaban J connectivity index is 2.03. The van der Waals surface area contributed by atoms with Gasteiger partial charge >= 0.3 is 0 Å². The van der Waals surface area contributed by atoms with Crippen molar-refractivity contribution in [1.82, 2.24) is 10.4 Å². The first-order valence-electron chi connectivity index (χ1n) is 5.71. The molecule has 94 valence electrons. The van der Waals surface area contributed by atoms with Crippen LogP contribution in [-0.2, 0) is 4.74 Å². The summed E-state index contributed by atoms with van der Waals surface area (Å²) in [5.74, 6) is -1.58. The van der Waals surface area contributed by atoms with E-state index in [-0.39, 0.29) is 6.04 Å². The van der Waals surface area contributed by atoms with Crippen LogP contribution in [0.2, 0.25) is 0 Å². The quantitative estimate of drug-likeness (QED) is 0.875. The lowest BCUT2D eigenvalue weighted by Gasteiger charge is -2.30. The maximum atomic E-state index is 13.5. The van der Waals surface area contributed by atoms with Gasteiger partial charge in [-0.05, 0) is 13.0 Å². The normalized spacial score (nSPS) is 19.2. The van der Waals surface area contributed by atoms with Crippen molar-refractivity contribution in [2.75, 3.05) is 26.3 Å². The number of ether oxygens (including phenoxy) is 1. The highest BCUT2D eigenvalue weighted by Gasteiger charge is 2.17. The van der Waals surface area contributed by atoms with Crippen LogP contribution in [0, 0.1) is 11.6 Å². The number of nitrogens with zero attached hydrogens (tertiary/aromatic N) is 1. The van der Waals surface area contributed by atoms with Crippen LogP contribution in [0.3, 0.4) is 0 Å². The molecular weight excluding hydrogens is 226 g/mol. The van der Waals surface area contributed by atoms with Crippen LogP contribution < -0.4 is 5.43 Å². The number of benzene rings is 1. The van der Waals surface area contributed by atoms with Gasteiger partial charge in [0.05, 0.1) is 13.2 Å². The molecule has 0 radical (unpaired) electrons. The van der Waals surface area contributed by atoms with Crippen molar-refractivity contribution in [3.8, 4) is 0 Å². The zero-order chi connectivity index (χ0) is 12.3. The summed E-state index contributed by atoms with van der Waals surface area (Å²) < 4.78 is 31.8. The molecule has 5 heteroatoms. The van der Waals surface area contributed by atoms with Gasteiger partial charge in [-0.2, -0.15) is 0 Å². The average Bonchev–Trinajstić information content (AvgIpc) is 2.34. The highest BCUT2D eigenvalue weighted by atomic mass is 19.2. The molecule has 0 aromatic heterocycles. The molecule has 3 nitrogen and oxygen atoms in total. The Morgan fingerprint density at radius 1 is 1.29 bits per heavy atom. The lowest BCUT2D eigenvalue weighted by atomic mass is 10.1. The second-order valence-corrected chi connectivity index (χ2v) is 4.09. The van der Waals surface area contributed by atoms with E-state index in [0.29, 0.717) is 18.8 Å². The van der Waals surface area contributed by atoms with Crippen molar-refractivity contribution in [3.63, 3.8) is 0 Å². The number of hydrazine groups is 1. The maximum Gasteiger partial charge on any atom is 0.163 e. The summed E-state index contributed by atoms with van der Waals surface area (Å²) in [7, 11) is 0. The van der Waals surface area contributed by atoms with Crippen molar-refractivity contribution < 1.29 is 13.5 Å². The van der Waals surface area contributed by atoms with Gasteiger partial charge in [-0.25, -0.2) is 19.2 Å². The lowest BCUT2D eigenvalue weighted by molar-refractivity contribution is 0.00455. The number of hydrogen-bond acceptors (Lipinski definition) is 3. The fourth-order valence-corrected chi connectivity index (χ4v) is 1.89. The average molecular weight is 242 g/mol. The van der Waals surface area contributed by atoms with Crippen LogP contribution in [0.1, 0.15) is 18.5 Å². The van der Waals surface area contributed by atoms with Gasteiger partial charge in [0.25, 0.3) is 0 Å². The van der Waals surface area contributed by atoms with Gasteiger partial charge in [-0.1, -0.05) is 12.1 Å². The van der Waals surface area contributed by atoms with Gasteiger partial charge in [0.1, 0.15) is 0 Å². The Kier molecular flexibility index (Phi) is 4.04. The predicted molar refractivity (Wildman–Crippen MR) is 60.3 cm³/mol. The summed E-state index contributed by atoms with van der Waals surface area (Å²) in [6.07, 6.45) is 0. The second kappa shape index (κ2) is 5.53. The number of hydrogen-bond donors (Lipinski definition) is 1. The van der Waals surface area contributed by atoms with Crippen LogP contribution >= 0.6 is 0 Å². The largest absolute Gasteiger partial charge is 0.379 e. The Bertz CT molecular complexity index is 381. The standard InChI is InChI=1S/C12H16F2N2O/c1-9(15-16-5-7-17-8-6-16)10-3-2-4-11(13)12(10)14/h2-4,9,15H,5-8H2,1H3. The van der Waals surface area contributed by atoms with Gasteiger partial charge in [0.2, 0.25) is 0 Å². The first-order valence-corrected chi connectivity index (χ1v) is 5.71. The number of halogens is 2. The third-order valence-electron chi connectivity index (χ3n) is 2.84. The number of rotatable bonds is 3. The molecule has 2 rings (SSSR count). The molecule has 1 fully saturated rings. The number of morpholine rings is 1. The topological polar surface area (TPSA) is 24.5 Å². The maximum absolute atomic E-state index is 13.5. The van der Waals surface area contributed by atoms with Crippen molar-refractivity contribution in [3.05, 3.63) is 35.4 Å². The second-order valence-electron chi connectivity index (χ2n) is 4.09. The van der Waals surface area contributed by atoms with Crippen LogP contribution in [0.5, 0.6) is 0 Å². The van der Waals surface area contributed by atoms with E-state index in [4.69, 9.17) is 4.74 Å². The van der Waals surface area contributed by atoms with Crippen molar-refractivity contribution in [2.45, 2.75) is 13.0 Å². The van der Waals surface area contributed by atoms with E-state index >= 15 is 0 Å². The monoisotopic (exact) mass is 242 g/mol. The molecule has 1 aromatic carbocycles. The van der Waals surface area contributed by atoms with Gasteiger partial charge in [-0.15, -0.1) is 0 Å².